The summed E-state index contributed by atoms with van der Waals surface area (Å²) < 4.78 is 37.0. The third kappa shape index (κ3) is 3.91. The highest BCUT2D eigenvalue weighted by atomic mass is 19.4. The van der Waals surface area contributed by atoms with Gasteiger partial charge >= 0.3 is 6.18 Å². The Hall–Kier alpha value is -2.16. The molecule has 0 aliphatic rings. The number of carbonyl (C=O) groups excluding carboxylic acids is 2. The summed E-state index contributed by atoms with van der Waals surface area (Å²) in [7, 11) is 0. The van der Waals surface area contributed by atoms with E-state index in [-0.39, 0.29) is 17.8 Å². The van der Waals surface area contributed by atoms with Crippen molar-refractivity contribution < 1.29 is 22.8 Å². The Balaban J connectivity index is 2.95. The van der Waals surface area contributed by atoms with E-state index in [1.54, 1.807) is 6.07 Å². The molecule has 3 nitrogen and oxygen atoms in total. The molecule has 0 spiro atoms. The predicted molar refractivity (Wildman–Crippen MR) is 60.2 cm³/mol. The molecule has 0 fully saturated rings. The summed E-state index contributed by atoms with van der Waals surface area (Å²) >= 11 is 0. The standard InChI is InChI=1S/C13H10F3NO2/c1-8(18)6-10(7-17)12(19)9-2-4-11(5-3-9)13(14,15)16/h2-5,10H,6H2,1H3. The second kappa shape index (κ2) is 5.65. The third-order valence-electron chi connectivity index (χ3n) is 2.46. The average molecular weight is 269 g/mol. The molecule has 1 atom stereocenters. The van der Waals surface area contributed by atoms with Gasteiger partial charge in [0.05, 0.1) is 11.6 Å². The normalized spacial score (nSPS) is 12.6. The molecule has 1 aromatic rings. The lowest BCUT2D eigenvalue weighted by molar-refractivity contribution is -0.137. The van der Waals surface area contributed by atoms with Crippen LogP contribution < -0.4 is 0 Å². The molecule has 1 aromatic carbocycles. The molecule has 0 saturated heterocycles. The maximum absolute atomic E-state index is 12.3. The van der Waals surface area contributed by atoms with Gasteiger partial charge < -0.3 is 0 Å². The van der Waals surface area contributed by atoms with Gasteiger partial charge in [-0.2, -0.15) is 18.4 Å². The van der Waals surface area contributed by atoms with Crippen LogP contribution >= 0.6 is 0 Å². The number of benzene rings is 1. The lowest BCUT2D eigenvalue weighted by atomic mass is 9.94. The molecule has 0 amide bonds. The van der Waals surface area contributed by atoms with E-state index < -0.39 is 23.4 Å². The van der Waals surface area contributed by atoms with Gasteiger partial charge in [-0.15, -0.1) is 0 Å². The number of hydrogen-bond acceptors (Lipinski definition) is 3. The third-order valence-corrected chi connectivity index (χ3v) is 2.46. The van der Waals surface area contributed by atoms with E-state index in [1.165, 1.54) is 6.92 Å². The van der Waals surface area contributed by atoms with Crippen LogP contribution in [-0.4, -0.2) is 11.6 Å². The molecule has 0 aliphatic carbocycles. The summed E-state index contributed by atoms with van der Waals surface area (Å²) in [5.74, 6) is -2.13. The highest BCUT2D eigenvalue weighted by Crippen LogP contribution is 2.29. The van der Waals surface area contributed by atoms with E-state index >= 15 is 0 Å². The lowest BCUT2D eigenvalue weighted by Crippen LogP contribution is -2.16. The van der Waals surface area contributed by atoms with Crippen LogP contribution in [0.2, 0.25) is 0 Å². The quantitative estimate of drug-likeness (QED) is 0.789. The number of hydrogen-bond donors (Lipinski definition) is 0. The summed E-state index contributed by atoms with van der Waals surface area (Å²) in [6, 6.07) is 5.25. The molecule has 1 rings (SSSR count). The average Bonchev–Trinajstić information content (AvgIpc) is 2.34. The topological polar surface area (TPSA) is 57.9 Å². The van der Waals surface area contributed by atoms with Crippen molar-refractivity contribution >= 4 is 11.6 Å². The summed E-state index contributed by atoms with van der Waals surface area (Å²) in [6.45, 7) is 1.24. The number of nitrogens with zero attached hydrogens (tertiary/aromatic N) is 1. The Morgan fingerprint density at radius 3 is 2.16 bits per heavy atom. The monoisotopic (exact) mass is 269 g/mol. The smallest absolute Gasteiger partial charge is 0.300 e. The van der Waals surface area contributed by atoms with Crippen molar-refractivity contribution in [2.45, 2.75) is 19.5 Å². The second-order valence-corrected chi connectivity index (χ2v) is 4.03. The molecule has 0 aromatic heterocycles. The Morgan fingerprint density at radius 2 is 1.79 bits per heavy atom. The van der Waals surface area contributed by atoms with E-state index in [0.29, 0.717) is 0 Å². The first-order chi connectivity index (χ1) is 8.75. The maximum Gasteiger partial charge on any atom is 0.416 e. The number of Topliss-reactive ketones (excluding diaryl/α,β-unsaturated/α-hetero) is 2. The molecule has 100 valence electrons. The van der Waals surface area contributed by atoms with Gasteiger partial charge in [0.2, 0.25) is 0 Å². The molecule has 0 N–H and O–H groups in total. The molecule has 0 radical (unpaired) electrons. The van der Waals surface area contributed by atoms with E-state index in [1.807, 2.05) is 0 Å². The molecule has 6 heteroatoms. The second-order valence-electron chi connectivity index (χ2n) is 4.03. The van der Waals surface area contributed by atoms with Crippen molar-refractivity contribution in [2.24, 2.45) is 5.92 Å². The van der Waals surface area contributed by atoms with Crippen LogP contribution in [0, 0.1) is 17.2 Å². The number of ketones is 2. The number of rotatable bonds is 4. The van der Waals surface area contributed by atoms with Crippen molar-refractivity contribution in [1.82, 2.24) is 0 Å². The minimum absolute atomic E-state index is 0.0131. The lowest BCUT2D eigenvalue weighted by Gasteiger charge is -2.09. The van der Waals surface area contributed by atoms with Crippen molar-refractivity contribution in [3.63, 3.8) is 0 Å². The molecule has 0 aliphatic heterocycles. The number of alkyl halides is 3. The van der Waals surface area contributed by atoms with Gasteiger partial charge in [-0.1, -0.05) is 12.1 Å². The Kier molecular flexibility index (Phi) is 4.43. The Morgan fingerprint density at radius 1 is 1.26 bits per heavy atom. The van der Waals surface area contributed by atoms with Crippen LogP contribution in [0.4, 0.5) is 13.2 Å². The van der Waals surface area contributed by atoms with Gasteiger partial charge in [0.1, 0.15) is 11.7 Å². The minimum Gasteiger partial charge on any atom is -0.300 e. The first-order valence-electron chi connectivity index (χ1n) is 5.36. The fourth-order valence-corrected chi connectivity index (χ4v) is 1.51. The van der Waals surface area contributed by atoms with E-state index in [2.05, 4.69) is 0 Å². The highest BCUT2D eigenvalue weighted by molar-refractivity contribution is 6.01. The zero-order valence-corrected chi connectivity index (χ0v) is 9.99. The van der Waals surface area contributed by atoms with E-state index in [4.69, 9.17) is 5.26 Å². The van der Waals surface area contributed by atoms with Crippen LogP contribution in [0.15, 0.2) is 24.3 Å². The predicted octanol–water partition coefficient (Wildman–Crippen LogP) is 3.01. The zero-order valence-electron chi connectivity index (χ0n) is 9.99. The summed E-state index contributed by atoms with van der Waals surface area (Å²) in [4.78, 5) is 22.7. The summed E-state index contributed by atoms with van der Waals surface area (Å²) in [5.41, 5.74) is -0.884. The number of nitriles is 1. The Labute approximate surface area is 107 Å². The van der Waals surface area contributed by atoms with Gasteiger partial charge in [-0.3, -0.25) is 9.59 Å². The van der Waals surface area contributed by atoms with Crippen molar-refractivity contribution in [1.29, 1.82) is 5.26 Å². The van der Waals surface area contributed by atoms with Gasteiger partial charge in [0.25, 0.3) is 0 Å². The van der Waals surface area contributed by atoms with Crippen LogP contribution in [-0.2, 0) is 11.0 Å². The van der Waals surface area contributed by atoms with Crippen molar-refractivity contribution in [3.8, 4) is 6.07 Å². The zero-order chi connectivity index (χ0) is 14.6. The maximum atomic E-state index is 12.3. The van der Waals surface area contributed by atoms with Crippen molar-refractivity contribution in [2.75, 3.05) is 0 Å². The van der Waals surface area contributed by atoms with Crippen LogP contribution in [0.5, 0.6) is 0 Å². The van der Waals surface area contributed by atoms with Gasteiger partial charge in [0.15, 0.2) is 5.78 Å². The molecule has 0 bridgehead atoms. The first kappa shape index (κ1) is 14.9. The molecular weight excluding hydrogens is 259 g/mol. The fraction of sp³-hybridized carbons (Fsp3) is 0.308. The summed E-state index contributed by atoms with van der Waals surface area (Å²) in [6.07, 6.45) is -4.72. The van der Waals surface area contributed by atoms with Crippen LogP contribution in [0.3, 0.4) is 0 Å². The number of carbonyl (C=O) groups is 2. The molecular formula is C13H10F3NO2. The van der Waals surface area contributed by atoms with Crippen molar-refractivity contribution in [3.05, 3.63) is 35.4 Å². The van der Waals surface area contributed by atoms with Gasteiger partial charge in [0, 0.05) is 12.0 Å². The fourth-order valence-electron chi connectivity index (χ4n) is 1.51. The van der Waals surface area contributed by atoms with E-state index in [9.17, 15) is 22.8 Å². The largest absolute Gasteiger partial charge is 0.416 e. The highest BCUT2D eigenvalue weighted by Gasteiger charge is 2.30. The Bertz CT molecular complexity index is 526. The van der Waals surface area contributed by atoms with Crippen LogP contribution in [0.1, 0.15) is 29.3 Å². The van der Waals surface area contributed by atoms with Crippen LogP contribution in [0.25, 0.3) is 0 Å². The molecule has 1 unspecified atom stereocenters. The van der Waals surface area contributed by atoms with E-state index in [0.717, 1.165) is 24.3 Å². The molecule has 19 heavy (non-hydrogen) atoms. The SMILES string of the molecule is CC(=O)CC(C#N)C(=O)c1ccc(C(F)(F)F)cc1. The molecule has 0 saturated carbocycles. The number of halogens is 3. The molecule has 0 heterocycles. The first-order valence-corrected chi connectivity index (χ1v) is 5.36. The summed E-state index contributed by atoms with van der Waals surface area (Å²) in [5, 5.41) is 8.79. The van der Waals surface area contributed by atoms with Gasteiger partial charge in [-0.05, 0) is 19.1 Å². The van der Waals surface area contributed by atoms with Gasteiger partial charge in [-0.25, -0.2) is 0 Å². The minimum atomic E-state index is -4.48.